The Hall–Kier alpha value is -1.29. The second kappa shape index (κ2) is 7.53. The minimum absolute atomic E-state index is 0.0921. The van der Waals surface area contributed by atoms with Gasteiger partial charge in [-0.2, -0.15) is 0 Å². The van der Waals surface area contributed by atoms with Gasteiger partial charge in [-0.1, -0.05) is 20.3 Å². The summed E-state index contributed by atoms with van der Waals surface area (Å²) in [5, 5.41) is 1.91. The summed E-state index contributed by atoms with van der Waals surface area (Å²) in [6.45, 7) is 14.7. The van der Waals surface area contributed by atoms with Gasteiger partial charge in [0.05, 0.1) is 16.7 Å². The molecule has 0 aliphatic carbocycles. The van der Waals surface area contributed by atoms with Crippen molar-refractivity contribution < 1.29 is 14.4 Å². The largest absolute Gasteiger partial charge is 0.490 e. The third kappa shape index (κ3) is 4.28. The van der Waals surface area contributed by atoms with E-state index in [9.17, 15) is 4.79 Å². The zero-order chi connectivity index (χ0) is 18.8. The molecule has 0 saturated carbocycles. The van der Waals surface area contributed by atoms with Crippen LogP contribution in [0.3, 0.4) is 0 Å². The molecule has 2 rings (SSSR count). The fourth-order valence-electron chi connectivity index (χ4n) is 4.13. The van der Waals surface area contributed by atoms with Crippen LogP contribution in [-0.4, -0.2) is 28.2 Å². The molecule has 142 valence electrons. The van der Waals surface area contributed by atoms with Gasteiger partial charge < -0.3 is 9.57 Å². The molecule has 25 heavy (non-hydrogen) atoms. The molecule has 1 unspecified atom stereocenters. The molecule has 1 atom stereocenters. The van der Waals surface area contributed by atoms with Gasteiger partial charge in [0.1, 0.15) is 11.9 Å². The molecule has 4 heteroatoms. The molecule has 0 amide bonds. The Bertz CT molecular complexity index is 556. The quantitative estimate of drug-likeness (QED) is 0.675. The lowest BCUT2D eigenvalue weighted by atomic mass is 9.82. The highest BCUT2D eigenvalue weighted by molar-refractivity contribution is 5.92. The maximum Gasteiger partial charge on any atom is 0.360 e. The average molecular weight is 350 g/mol. The zero-order valence-electron chi connectivity index (χ0n) is 17.1. The van der Waals surface area contributed by atoms with Gasteiger partial charge in [0.15, 0.2) is 0 Å². The molecule has 2 heterocycles. The van der Waals surface area contributed by atoms with E-state index in [1.165, 1.54) is 5.57 Å². The lowest BCUT2D eigenvalue weighted by molar-refractivity contribution is -0.262. The van der Waals surface area contributed by atoms with E-state index >= 15 is 0 Å². The number of carbonyl (C=O) groups is 1. The van der Waals surface area contributed by atoms with E-state index in [1.807, 2.05) is 18.1 Å². The number of carbonyl (C=O) groups excluding carboxylic acids is 1. The van der Waals surface area contributed by atoms with Crippen molar-refractivity contribution in [1.29, 1.82) is 0 Å². The number of nitrogens with zero attached hydrogens (tertiary/aromatic N) is 1. The first-order chi connectivity index (χ1) is 11.6. The molecule has 2 aliphatic heterocycles. The second-order valence-corrected chi connectivity index (χ2v) is 8.59. The molecule has 0 bridgehead atoms. The van der Waals surface area contributed by atoms with Crippen LogP contribution in [0.25, 0.3) is 0 Å². The fraction of sp³-hybridized carbons (Fsp3) is 0.762. The highest BCUT2D eigenvalue weighted by Crippen LogP contribution is 2.39. The first-order valence-electron chi connectivity index (χ1n) is 9.73. The minimum Gasteiger partial charge on any atom is -0.490 e. The van der Waals surface area contributed by atoms with Crippen LogP contribution < -0.4 is 0 Å². The van der Waals surface area contributed by atoms with Gasteiger partial charge in [0.2, 0.25) is 0 Å². The van der Waals surface area contributed by atoms with E-state index in [-0.39, 0.29) is 23.2 Å². The number of hydrogen-bond donors (Lipinski definition) is 0. The fourth-order valence-corrected chi connectivity index (χ4v) is 4.13. The lowest BCUT2D eigenvalue weighted by Crippen LogP contribution is -2.59. The van der Waals surface area contributed by atoms with E-state index in [4.69, 9.17) is 9.57 Å². The van der Waals surface area contributed by atoms with Crippen LogP contribution in [0.1, 0.15) is 87.0 Å². The van der Waals surface area contributed by atoms with Gasteiger partial charge in [0.25, 0.3) is 0 Å². The topological polar surface area (TPSA) is 38.8 Å². The lowest BCUT2D eigenvalue weighted by Gasteiger charge is -2.50. The van der Waals surface area contributed by atoms with Crippen LogP contribution in [0, 0.1) is 0 Å². The van der Waals surface area contributed by atoms with E-state index in [0.717, 1.165) is 38.5 Å². The summed E-state index contributed by atoms with van der Waals surface area (Å²) in [4.78, 5) is 18.9. The number of allylic oxidation sites excluding steroid dienone is 1. The first kappa shape index (κ1) is 20.0. The van der Waals surface area contributed by atoms with Crippen LogP contribution in [-0.2, 0) is 14.4 Å². The van der Waals surface area contributed by atoms with Crippen molar-refractivity contribution in [2.24, 2.45) is 0 Å². The van der Waals surface area contributed by atoms with E-state index < -0.39 is 0 Å². The van der Waals surface area contributed by atoms with E-state index in [0.29, 0.717) is 11.3 Å². The Morgan fingerprint density at radius 3 is 2.36 bits per heavy atom. The summed E-state index contributed by atoms with van der Waals surface area (Å²) in [5.74, 6) is 0.370. The van der Waals surface area contributed by atoms with Crippen LogP contribution in [0.15, 0.2) is 23.0 Å². The number of hydrogen-bond acceptors (Lipinski definition) is 4. The average Bonchev–Trinajstić information content (AvgIpc) is 2.51. The van der Waals surface area contributed by atoms with E-state index in [1.54, 1.807) is 0 Å². The molecule has 1 fully saturated rings. The van der Waals surface area contributed by atoms with Crippen LogP contribution in [0.4, 0.5) is 0 Å². The molecular formula is C21H35NO3. The highest BCUT2D eigenvalue weighted by atomic mass is 16.7. The summed E-state index contributed by atoms with van der Waals surface area (Å²) >= 11 is 0. The summed E-state index contributed by atoms with van der Waals surface area (Å²) in [6, 6.07) is 0. The highest BCUT2D eigenvalue weighted by Gasteiger charge is 2.45. The summed E-state index contributed by atoms with van der Waals surface area (Å²) in [5.41, 5.74) is 1.41. The summed E-state index contributed by atoms with van der Waals surface area (Å²) < 4.78 is 6.05. The van der Waals surface area contributed by atoms with Crippen molar-refractivity contribution in [2.45, 2.75) is 104 Å². The van der Waals surface area contributed by atoms with Gasteiger partial charge in [-0.25, -0.2) is 4.79 Å². The summed E-state index contributed by atoms with van der Waals surface area (Å²) in [7, 11) is 0. The molecule has 1 saturated heterocycles. The van der Waals surface area contributed by atoms with Gasteiger partial charge in [0, 0.05) is 0 Å². The molecule has 2 aliphatic rings. The molecule has 0 aromatic carbocycles. The Balaban J connectivity index is 2.22. The molecule has 4 nitrogen and oxygen atoms in total. The normalized spacial score (nSPS) is 26.0. The number of hydroxylamine groups is 2. The SMILES string of the molecule is CCCC1OC(C)=C(C(=O)ON2C(C)(C)CCCC2(C)C)C=C1CC. The van der Waals surface area contributed by atoms with Gasteiger partial charge in [-0.15, -0.1) is 5.06 Å². The Labute approximate surface area is 153 Å². The smallest absolute Gasteiger partial charge is 0.360 e. The molecule has 0 radical (unpaired) electrons. The minimum atomic E-state index is -0.304. The van der Waals surface area contributed by atoms with Gasteiger partial charge in [-0.3, -0.25) is 0 Å². The first-order valence-corrected chi connectivity index (χ1v) is 9.73. The number of ether oxygens (including phenoxy) is 1. The molecular weight excluding hydrogens is 314 g/mol. The standard InChI is InChI=1S/C21H35NO3/c1-8-11-18-16(9-2)14-17(15(3)24-18)19(23)25-22-20(4,5)12-10-13-21(22,6)7/h14,18H,8-13H2,1-7H3. The van der Waals surface area contributed by atoms with Crippen LogP contribution >= 0.6 is 0 Å². The second-order valence-electron chi connectivity index (χ2n) is 8.59. The number of piperidine rings is 1. The molecule has 0 spiro atoms. The van der Waals surface area contributed by atoms with Crippen LogP contribution in [0.5, 0.6) is 0 Å². The van der Waals surface area contributed by atoms with Crippen molar-refractivity contribution in [2.75, 3.05) is 0 Å². The Kier molecular flexibility index (Phi) is 6.03. The monoisotopic (exact) mass is 349 g/mol. The third-order valence-electron chi connectivity index (χ3n) is 5.47. The van der Waals surface area contributed by atoms with Crippen molar-refractivity contribution in [3.05, 3.63) is 23.0 Å². The van der Waals surface area contributed by atoms with Crippen molar-refractivity contribution in [3.8, 4) is 0 Å². The Morgan fingerprint density at radius 2 is 1.84 bits per heavy atom. The maximum atomic E-state index is 12.9. The third-order valence-corrected chi connectivity index (χ3v) is 5.47. The molecule has 0 aromatic rings. The molecule has 0 N–H and O–H groups in total. The predicted molar refractivity (Wildman–Crippen MR) is 101 cm³/mol. The molecule has 0 aromatic heterocycles. The van der Waals surface area contributed by atoms with Gasteiger partial charge >= 0.3 is 5.97 Å². The number of rotatable bonds is 5. The maximum absolute atomic E-state index is 12.9. The van der Waals surface area contributed by atoms with Crippen molar-refractivity contribution in [3.63, 3.8) is 0 Å². The Morgan fingerprint density at radius 1 is 1.24 bits per heavy atom. The van der Waals surface area contributed by atoms with Crippen LogP contribution in [0.2, 0.25) is 0 Å². The predicted octanol–water partition coefficient (Wildman–Crippen LogP) is 5.30. The van der Waals surface area contributed by atoms with Crippen molar-refractivity contribution >= 4 is 5.97 Å². The van der Waals surface area contributed by atoms with E-state index in [2.05, 4.69) is 41.5 Å². The van der Waals surface area contributed by atoms with Gasteiger partial charge in [-0.05, 0) is 78.4 Å². The summed E-state index contributed by atoms with van der Waals surface area (Å²) in [6.07, 6.45) is 8.20. The zero-order valence-corrected chi connectivity index (χ0v) is 17.1. The van der Waals surface area contributed by atoms with Crippen molar-refractivity contribution in [1.82, 2.24) is 5.06 Å².